The standard InChI is InChI=1S/C11H19NO2/c1-2-11(5-6-11)10(14)12-7-3-4-9(13)8-12/h9,13H,2-8H2,1H3. The summed E-state index contributed by atoms with van der Waals surface area (Å²) in [5.74, 6) is 0.291. The van der Waals surface area contributed by atoms with E-state index in [9.17, 15) is 9.90 Å². The van der Waals surface area contributed by atoms with Gasteiger partial charge in [0.1, 0.15) is 0 Å². The molecule has 1 heterocycles. The zero-order valence-electron chi connectivity index (χ0n) is 8.83. The van der Waals surface area contributed by atoms with E-state index in [1.54, 1.807) is 0 Å². The lowest BCUT2D eigenvalue weighted by atomic mass is 9.99. The highest BCUT2D eigenvalue weighted by atomic mass is 16.3. The van der Waals surface area contributed by atoms with Crippen molar-refractivity contribution >= 4 is 5.91 Å². The average molecular weight is 197 g/mol. The molecule has 2 fully saturated rings. The molecule has 1 amide bonds. The summed E-state index contributed by atoms with van der Waals surface area (Å²) in [6.45, 7) is 3.49. The highest BCUT2D eigenvalue weighted by Crippen LogP contribution is 2.50. The van der Waals surface area contributed by atoms with Crippen molar-refractivity contribution in [2.45, 2.75) is 45.1 Å². The highest BCUT2D eigenvalue weighted by molar-refractivity contribution is 5.85. The molecule has 14 heavy (non-hydrogen) atoms. The van der Waals surface area contributed by atoms with Gasteiger partial charge in [0, 0.05) is 18.5 Å². The maximum atomic E-state index is 12.1. The third kappa shape index (κ3) is 1.65. The van der Waals surface area contributed by atoms with E-state index in [0.29, 0.717) is 12.5 Å². The van der Waals surface area contributed by atoms with Crippen LogP contribution >= 0.6 is 0 Å². The molecule has 1 unspecified atom stereocenters. The normalized spacial score (nSPS) is 30.1. The lowest BCUT2D eigenvalue weighted by molar-refractivity contribution is -0.140. The van der Waals surface area contributed by atoms with Crippen LogP contribution in [0.4, 0.5) is 0 Å². The minimum Gasteiger partial charge on any atom is -0.391 e. The van der Waals surface area contributed by atoms with Gasteiger partial charge in [-0.25, -0.2) is 0 Å². The molecule has 1 aliphatic heterocycles. The van der Waals surface area contributed by atoms with Crippen LogP contribution in [0.2, 0.25) is 0 Å². The summed E-state index contributed by atoms with van der Waals surface area (Å²) in [7, 11) is 0. The van der Waals surface area contributed by atoms with Crippen LogP contribution in [-0.2, 0) is 4.79 Å². The largest absolute Gasteiger partial charge is 0.391 e. The van der Waals surface area contributed by atoms with Crippen molar-refractivity contribution in [1.29, 1.82) is 0 Å². The van der Waals surface area contributed by atoms with Crippen molar-refractivity contribution in [3.63, 3.8) is 0 Å². The van der Waals surface area contributed by atoms with Crippen LogP contribution in [0.1, 0.15) is 39.0 Å². The summed E-state index contributed by atoms with van der Waals surface area (Å²) in [6, 6.07) is 0. The number of β-amino-alcohol motifs (C(OH)–C–C–N with tert-alkyl or cyclic N) is 1. The van der Waals surface area contributed by atoms with Crippen LogP contribution in [0, 0.1) is 5.41 Å². The molecule has 0 aromatic carbocycles. The van der Waals surface area contributed by atoms with Gasteiger partial charge in [-0.15, -0.1) is 0 Å². The number of rotatable bonds is 2. The van der Waals surface area contributed by atoms with Crippen LogP contribution in [0.5, 0.6) is 0 Å². The summed E-state index contributed by atoms with van der Waals surface area (Å²) in [4.78, 5) is 13.9. The second-order valence-corrected chi connectivity index (χ2v) is 4.68. The number of aliphatic hydroxyl groups is 1. The fraction of sp³-hybridized carbons (Fsp3) is 0.909. The number of piperidine rings is 1. The Labute approximate surface area is 85.1 Å². The molecule has 3 heteroatoms. The average Bonchev–Trinajstić information content (AvgIpc) is 2.97. The Kier molecular flexibility index (Phi) is 2.52. The van der Waals surface area contributed by atoms with E-state index >= 15 is 0 Å². The molecule has 0 aromatic rings. The fourth-order valence-electron chi connectivity index (χ4n) is 2.34. The molecule has 1 saturated heterocycles. The van der Waals surface area contributed by atoms with Gasteiger partial charge in [-0.3, -0.25) is 4.79 Å². The molecule has 2 aliphatic rings. The first-order chi connectivity index (χ1) is 6.68. The number of hydrogen-bond donors (Lipinski definition) is 1. The Morgan fingerprint density at radius 2 is 2.29 bits per heavy atom. The summed E-state index contributed by atoms with van der Waals surface area (Å²) in [6.07, 6.45) is 4.57. The van der Waals surface area contributed by atoms with Gasteiger partial charge in [0.05, 0.1) is 6.10 Å². The molecule has 1 aliphatic carbocycles. The first kappa shape index (κ1) is 9.97. The van der Waals surface area contributed by atoms with Gasteiger partial charge in [0.15, 0.2) is 0 Å². The van der Waals surface area contributed by atoms with Gasteiger partial charge in [-0.2, -0.15) is 0 Å². The van der Waals surface area contributed by atoms with E-state index in [2.05, 4.69) is 6.92 Å². The van der Waals surface area contributed by atoms with Crippen LogP contribution < -0.4 is 0 Å². The van der Waals surface area contributed by atoms with E-state index < -0.39 is 0 Å². The van der Waals surface area contributed by atoms with Crippen molar-refractivity contribution in [2.24, 2.45) is 5.41 Å². The van der Waals surface area contributed by atoms with Gasteiger partial charge >= 0.3 is 0 Å². The maximum absolute atomic E-state index is 12.1. The number of aliphatic hydroxyl groups excluding tert-OH is 1. The third-order valence-electron chi connectivity index (χ3n) is 3.67. The van der Waals surface area contributed by atoms with E-state index in [1.165, 1.54) is 0 Å². The Balaban J connectivity index is 1.97. The quantitative estimate of drug-likeness (QED) is 0.721. The Morgan fingerprint density at radius 1 is 1.57 bits per heavy atom. The van der Waals surface area contributed by atoms with Crippen LogP contribution in [0.3, 0.4) is 0 Å². The predicted octanol–water partition coefficient (Wildman–Crippen LogP) is 1.16. The summed E-state index contributed by atoms with van der Waals surface area (Å²) >= 11 is 0. The number of nitrogens with zero attached hydrogens (tertiary/aromatic N) is 1. The molecule has 2 rings (SSSR count). The minimum atomic E-state index is -0.291. The minimum absolute atomic E-state index is 0.0307. The van der Waals surface area contributed by atoms with Gasteiger partial charge < -0.3 is 10.0 Å². The zero-order valence-corrected chi connectivity index (χ0v) is 8.83. The van der Waals surface area contributed by atoms with Gasteiger partial charge in [0.25, 0.3) is 0 Å². The summed E-state index contributed by atoms with van der Waals surface area (Å²) < 4.78 is 0. The molecule has 3 nitrogen and oxygen atoms in total. The van der Waals surface area contributed by atoms with Gasteiger partial charge in [0.2, 0.25) is 5.91 Å². The Hall–Kier alpha value is -0.570. The smallest absolute Gasteiger partial charge is 0.228 e. The Morgan fingerprint density at radius 3 is 2.79 bits per heavy atom. The first-order valence-electron chi connectivity index (χ1n) is 5.65. The number of carbonyl (C=O) groups is 1. The first-order valence-corrected chi connectivity index (χ1v) is 5.65. The van der Waals surface area contributed by atoms with E-state index in [1.807, 2.05) is 4.90 Å². The summed E-state index contributed by atoms with van der Waals surface area (Å²) in [5.41, 5.74) is -0.0307. The molecule has 0 aromatic heterocycles. The van der Waals surface area contributed by atoms with E-state index in [0.717, 1.165) is 38.6 Å². The summed E-state index contributed by atoms with van der Waals surface area (Å²) in [5, 5.41) is 9.49. The lowest BCUT2D eigenvalue weighted by Gasteiger charge is -2.32. The SMILES string of the molecule is CCC1(C(=O)N2CCCC(O)C2)CC1. The third-order valence-corrected chi connectivity index (χ3v) is 3.67. The van der Waals surface area contributed by atoms with Crippen molar-refractivity contribution < 1.29 is 9.90 Å². The topological polar surface area (TPSA) is 40.5 Å². The number of likely N-dealkylation sites (tertiary alicyclic amines) is 1. The zero-order chi connectivity index (χ0) is 10.2. The van der Waals surface area contributed by atoms with Crippen LogP contribution in [0.25, 0.3) is 0 Å². The lowest BCUT2D eigenvalue weighted by Crippen LogP contribution is -2.45. The van der Waals surface area contributed by atoms with Crippen LogP contribution in [-0.4, -0.2) is 35.1 Å². The molecular weight excluding hydrogens is 178 g/mol. The number of hydrogen-bond acceptors (Lipinski definition) is 2. The van der Waals surface area contributed by atoms with E-state index in [-0.39, 0.29) is 11.5 Å². The molecule has 0 spiro atoms. The molecule has 1 saturated carbocycles. The Bertz CT molecular complexity index is 235. The molecule has 1 atom stereocenters. The van der Waals surface area contributed by atoms with Crippen molar-refractivity contribution in [2.75, 3.05) is 13.1 Å². The van der Waals surface area contributed by atoms with E-state index in [4.69, 9.17) is 0 Å². The molecule has 0 radical (unpaired) electrons. The second kappa shape index (κ2) is 3.54. The monoisotopic (exact) mass is 197 g/mol. The van der Waals surface area contributed by atoms with Gasteiger partial charge in [-0.05, 0) is 32.1 Å². The molecule has 80 valence electrons. The van der Waals surface area contributed by atoms with Crippen molar-refractivity contribution in [1.82, 2.24) is 4.90 Å². The number of carbonyl (C=O) groups excluding carboxylic acids is 1. The predicted molar refractivity (Wildman–Crippen MR) is 53.8 cm³/mol. The molecular formula is C11H19NO2. The van der Waals surface area contributed by atoms with Gasteiger partial charge in [-0.1, -0.05) is 6.92 Å². The van der Waals surface area contributed by atoms with Crippen LogP contribution in [0.15, 0.2) is 0 Å². The fourth-order valence-corrected chi connectivity index (χ4v) is 2.34. The maximum Gasteiger partial charge on any atom is 0.228 e. The second-order valence-electron chi connectivity index (χ2n) is 4.68. The molecule has 0 bridgehead atoms. The number of amides is 1. The van der Waals surface area contributed by atoms with Crippen molar-refractivity contribution in [3.8, 4) is 0 Å². The van der Waals surface area contributed by atoms with Crippen molar-refractivity contribution in [3.05, 3.63) is 0 Å². The molecule has 1 N–H and O–H groups in total. The highest BCUT2D eigenvalue weighted by Gasteiger charge is 2.50.